The molecular weight excluding hydrogens is 308 g/mol. The summed E-state index contributed by atoms with van der Waals surface area (Å²) in [7, 11) is 1.62. The molecule has 0 unspecified atom stereocenters. The molecule has 0 aliphatic carbocycles. The van der Waals surface area contributed by atoms with Gasteiger partial charge in [0, 0.05) is 10.7 Å². The lowest BCUT2D eigenvalue weighted by Crippen LogP contribution is -2.28. The Bertz CT molecular complexity index is 588. The molecule has 0 saturated carbocycles. The molecule has 2 N–H and O–H groups in total. The summed E-state index contributed by atoms with van der Waals surface area (Å²) in [4.78, 5) is 5.32. The lowest BCUT2D eigenvalue weighted by molar-refractivity contribution is 0.0728. The Morgan fingerprint density at radius 3 is 2.38 bits per heavy atom. The van der Waals surface area contributed by atoms with E-state index in [9.17, 15) is 0 Å². The highest BCUT2D eigenvalue weighted by atomic mass is 35.5. The topological polar surface area (TPSA) is 42.5 Å². The van der Waals surface area contributed by atoms with Gasteiger partial charge in [-0.05, 0) is 54.2 Å². The third-order valence-corrected chi connectivity index (χ3v) is 3.10. The van der Waals surface area contributed by atoms with Gasteiger partial charge in [-0.2, -0.15) is 0 Å². The number of hydroxylamine groups is 1. The molecule has 4 nitrogen and oxygen atoms in total. The molecule has 0 atom stereocenters. The molecular formula is C15H15ClN2O2S. The molecule has 0 radical (unpaired) electrons. The van der Waals surface area contributed by atoms with E-state index in [4.69, 9.17) is 33.4 Å². The van der Waals surface area contributed by atoms with Gasteiger partial charge in [0.2, 0.25) is 0 Å². The van der Waals surface area contributed by atoms with Crippen LogP contribution in [0.4, 0.5) is 5.69 Å². The number of halogens is 1. The largest absolute Gasteiger partial charge is 0.497 e. The van der Waals surface area contributed by atoms with E-state index in [1.165, 1.54) is 0 Å². The van der Waals surface area contributed by atoms with Crippen LogP contribution in [0.15, 0.2) is 48.5 Å². The van der Waals surface area contributed by atoms with Crippen molar-refractivity contribution < 1.29 is 9.57 Å². The van der Waals surface area contributed by atoms with Crippen LogP contribution >= 0.6 is 23.8 Å². The zero-order valence-corrected chi connectivity index (χ0v) is 13.0. The summed E-state index contributed by atoms with van der Waals surface area (Å²) in [6.07, 6.45) is 0. The highest BCUT2D eigenvalue weighted by Gasteiger charge is 1.99. The lowest BCUT2D eigenvalue weighted by Gasteiger charge is -2.11. The van der Waals surface area contributed by atoms with E-state index in [-0.39, 0.29) is 0 Å². The third kappa shape index (κ3) is 5.23. The molecule has 0 aliphatic heterocycles. The average molecular weight is 323 g/mol. The van der Waals surface area contributed by atoms with Crippen LogP contribution < -0.4 is 15.5 Å². The highest BCUT2D eigenvalue weighted by molar-refractivity contribution is 7.80. The van der Waals surface area contributed by atoms with E-state index >= 15 is 0 Å². The minimum absolute atomic E-state index is 0.383. The second-order valence-electron chi connectivity index (χ2n) is 4.20. The molecule has 2 rings (SSSR count). The van der Waals surface area contributed by atoms with Crippen LogP contribution in [-0.2, 0) is 11.4 Å². The quantitative estimate of drug-likeness (QED) is 0.648. The maximum absolute atomic E-state index is 5.81. The van der Waals surface area contributed by atoms with Crippen LogP contribution in [0.25, 0.3) is 0 Å². The number of anilines is 1. The van der Waals surface area contributed by atoms with Gasteiger partial charge >= 0.3 is 0 Å². The normalized spacial score (nSPS) is 10.0. The number of nitrogens with one attached hydrogen (secondary N) is 2. The second kappa shape index (κ2) is 7.83. The van der Waals surface area contributed by atoms with Gasteiger partial charge in [0.05, 0.1) is 13.7 Å². The molecule has 0 bridgehead atoms. The zero-order valence-electron chi connectivity index (χ0n) is 11.4. The molecule has 0 aromatic heterocycles. The van der Waals surface area contributed by atoms with Gasteiger partial charge < -0.3 is 10.1 Å². The Kier molecular flexibility index (Phi) is 5.80. The highest BCUT2D eigenvalue weighted by Crippen LogP contribution is 2.14. The third-order valence-electron chi connectivity index (χ3n) is 2.66. The molecule has 0 aliphatic rings. The van der Waals surface area contributed by atoms with Crippen LogP contribution in [0.2, 0.25) is 5.02 Å². The number of ether oxygens (including phenoxy) is 1. The summed E-state index contributed by atoms with van der Waals surface area (Å²) in [5.74, 6) is 0.790. The van der Waals surface area contributed by atoms with Gasteiger partial charge in [0.1, 0.15) is 5.75 Å². The lowest BCUT2D eigenvalue weighted by atomic mass is 10.2. The van der Waals surface area contributed by atoms with Gasteiger partial charge in [0.25, 0.3) is 0 Å². The fraction of sp³-hybridized carbons (Fsp3) is 0.133. The van der Waals surface area contributed by atoms with Crippen LogP contribution in [0.1, 0.15) is 5.56 Å². The summed E-state index contributed by atoms with van der Waals surface area (Å²) in [6, 6.07) is 14.8. The maximum Gasteiger partial charge on any atom is 0.195 e. The van der Waals surface area contributed by atoms with E-state index in [1.54, 1.807) is 7.11 Å². The van der Waals surface area contributed by atoms with Crippen LogP contribution in [0, 0.1) is 0 Å². The molecule has 0 fully saturated rings. The Morgan fingerprint density at radius 1 is 1.10 bits per heavy atom. The number of rotatable bonds is 5. The first-order valence-corrected chi connectivity index (χ1v) is 7.03. The number of thiocarbonyl (C=S) groups is 1. The molecule has 0 saturated heterocycles. The van der Waals surface area contributed by atoms with Crippen molar-refractivity contribution in [2.45, 2.75) is 6.61 Å². The minimum Gasteiger partial charge on any atom is -0.497 e. The number of hydrogen-bond donors (Lipinski definition) is 2. The van der Waals surface area contributed by atoms with E-state index < -0.39 is 0 Å². The summed E-state index contributed by atoms with van der Waals surface area (Å²) in [6.45, 7) is 0.390. The summed E-state index contributed by atoms with van der Waals surface area (Å²) >= 11 is 10.9. The van der Waals surface area contributed by atoms with E-state index in [0.29, 0.717) is 16.7 Å². The van der Waals surface area contributed by atoms with E-state index in [2.05, 4.69) is 10.8 Å². The van der Waals surface area contributed by atoms with Gasteiger partial charge in [-0.15, -0.1) is 0 Å². The van der Waals surface area contributed by atoms with Gasteiger partial charge in [-0.1, -0.05) is 23.7 Å². The predicted molar refractivity (Wildman–Crippen MR) is 88.6 cm³/mol. The monoisotopic (exact) mass is 322 g/mol. The Labute approximate surface area is 134 Å². The van der Waals surface area contributed by atoms with Crippen molar-refractivity contribution in [3.8, 4) is 5.75 Å². The van der Waals surface area contributed by atoms with Crippen molar-refractivity contribution in [3.63, 3.8) is 0 Å². The number of benzene rings is 2. The first kappa shape index (κ1) is 15.6. The molecule has 6 heteroatoms. The van der Waals surface area contributed by atoms with Crippen LogP contribution in [-0.4, -0.2) is 12.2 Å². The van der Waals surface area contributed by atoms with Crippen molar-refractivity contribution in [3.05, 3.63) is 59.1 Å². The predicted octanol–water partition coefficient (Wildman–Crippen LogP) is 3.77. The Morgan fingerprint density at radius 2 is 1.76 bits per heavy atom. The summed E-state index contributed by atoms with van der Waals surface area (Å²) in [5, 5.41) is 4.09. The molecule has 21 heavy (non-hydrogen) atoms. The number of methoxy groups -OCH3 is 1. The van der Waals surface area contributed by atoms with Crippen LogP contribution in [0.5, 0.6) is 5.75 Å². The van der Waals surface area contributed by atoms with Crippen molar-refractivity contribution in [2.75, 3.05) is 12.4 Å². The van der Waals surface area contributed by atoms with Crippen molar-refractivity contribution in [1.29, 1.82) is 0 Å². The first-order valence-electron chi connectivity index (χ1n) is 6.24. The molecule has 2 aromatic carbocycles. The Hall–Kier alpha value is -1.82. The van der Waals surface area contributed by atoms with Crippen LogP contribution in [0.3, 0.4) is 0 Å². The van der Waals surface area contributed by atoms with Crippen molar-refractivity contribution in [2.24, 2.45) is 0 Å². The molecule has 110 valence electrons. The fourth-order valence-electron chi connectivity index (χ4n) is 1.60. The van der Waals surface area contributed by atoms with E-state index in [1.807, 2.05) is 48.5 Å². The van der Waals surface area contributed by atoms with E-state index in [0.717, 1.165) is 17.0 Å². The van der Waals surface area contributed by atoms with Crippen molar-refractivity contribution in [1.82, 2.24) is 5.48 Å². The number of hydrogen-bond acceptors (Lipinski definition) is 3. The standard InChI is InChI=1S/C15H15ClN2O2S/c1-19-14-8-6-13(7-9-14)17-15(21)18-20-10-11-2-4-12(16)5-3-11/h2-9H,10H2,1H3,(H2,17,18,21). The first-order chi connectivity index (χ1) is 10.2. The van der Waals surface area contributed by atoms with Crippen molar-refractivity contribution >= 4 is 34.6 Å². The molecule has 0 spiro atoms. The molecule has 2 aromatic rings. The Balaban J connectivity index is 1.75. The fourth-order valence-corrected chi connectivity index (χ4v) is 1.90. The summed E-state index contributed by atoms with van der Waals surface area (Å²) < 4.78 is 5.09. The molecule has 0 heterocycles. The SMILES string of the molecule is COc1ccc(NC(=S)NOCc2ccc(Cl)cc2)cc1. The summed E-state index contributed by atoms with van der Waals surface area (Å²) in [5.41, 5.74) is 4.53. The minimum atomic E-state index is 0.383. The average Bonchev–Trinajstić information content (AvgIpc) is 2.50. The smallest absolute Gasteiger partial charge is 0.195 e. The van der Waals surface area contributed by atoms with Gasteiger partial charge in [-0.25, -0.2) is 5.48 Å². The second-order valence-corrected chi connectivity index (χ2v) is 5.04. The maximum atomic E-state index is 5.81. The molecule has 0 amide bonds. The zero-order chi connectivity index (χ0) is 15.1. The van der Waals surface area contributed by atoms with Gasteiger partial charge in [-0.3, -0.25) is 4.84 Å². The van der Waals surface area contributed by atoms with Gasteiger partial charge in [0.15, 0.2) is 5.11 Å².